The van der Waals surface area contributed by atoms with Crippen LogP contribution in [0, 0.1) is 0 Å². The average molecular weight is 241 g/mol. The lowest BCUT2D eigenvalue weighted by Gasteiger charge is -2.07. The predicted octanol–water partition coefficient (Wildman–Crippen LogP) is -2.45. The first kappa shape index (κ1) is 12.6. The van der Waals surface area contributed by atoms with E-state index >= 15 is 0 Å². The van der Waals surface area contributed by atoms with E-state index in [2.05, 4.69) is 9.97 Å². The van der Waals surface area contributed by atoms with Crippen LogP contribution in [-0.4, -0.2) is 25.1 Å². The van der Waals surface area contributed by atoms with Crippen LogP contribution in [0.5, 0.6) is 0 Å². The Balaban J connectivity index is 0.00000144. The molecule has 0 spiro atoms. The number of carboxylic acid groups (broad SMARTS) is 1. The Hall–Kier alpha value is -2.42. The topological polar surface area (TPSA) is 149 Å². The Morgan fingerprint density at radius 3 is 2.76 bits per heavy atom. The summed E-state index contributed by atoms with van der Waals surface area (Å²) in [7, 11) is 1.40. The van der Waals surface area contributed by atoms with Crippen molar-refractivity contribution in [2.75, 3.05) is 0 Å². The number of aryl methyl sites for hydroxylation is 1. The summed E-state index contributed by atoms with van der Waals surface area (Å²) in [5, 5.41) is 10.4. The number of hydrogen-bond acceptors (Lipinski definition) is 5. The number of aromatic amines is 1. The molecule has 92 valence electrons. The molecule has 0 saturated carbocycles. The Labute approximate surface area is 93.9 Å². The highest BCUT2D eigenvalue weighted by atomic mass is 16.4. The minimum absolute atomic E-state index is 0. The lowest BCUT2D eigenvalue weighted by atomic mass is 10.5. The van der Waals surface area contributed by atoms with Gasteiger partial charge in [-0.15, -0.1) is 0 Å². The largest absolute Gasteiger partial charge is 0.548 e. The lowest BCUT2D eigenvalue weighted by molar-refractivity contribution is -0.306. The predicted molar refractivity (Wildman–Crippen MR) is 56.6 cm³/mol. The highest BCUT2D eigenvalue weighted by molar-refractivity contribution is 5.69. The maximum Gasteiger partial charge on any atom is 0.332 e. The van der Waals surface area contributed by atoms with Crippen LogP contribution in [0.2, 0.25) is 0 Å². The second kappa shape index (κ2) is 4.22. The molecule has 2 rings (SSSR count). The van der Waals surface area contributed by atoms with Crippen LogP contribution in [0.15, 0.2) is 15.9 Å². The molecule has 0 aliphatic carbocycles. The van der Waals surface area contributed by atoms with E-state index in [1.54, 1.807) is 0 Å². The summed E-state index contributed by atoms with van der Waals surface area (Å²) in [6, 6.07) is 0. The van der Waals surface area contributed by atoms with Crippen LogP contribution in [0.4, 0.5) is 0 Å². The first-order valence-electron chi connectivity index (χ1n) is 4.35. The molecule has 0 radical (unpaired) electrons. The molecule has 2 heterocycles. The van der Waals surface area contributed by atoms with Gasteiger partial charge in [0, 0.05) is 7.05 Å². The van der Waals surface area contributed by atoms with E-state index < -0.39 is 23.8 Å². The molecule has 9 heteroatoms. The number of nitrogens with zero attached hydrogens (tertiary/aromatic N) is 3. The number of hydrogen-bond donors (Lipinski definition) is 2. The van der Waals surface area contributed by atoms with Crippen molar-refractivity contribution in [2.45, 2.75) is 6.54 Å². The van der Waals surface area contributed by atoms with Gasteiger partial charge in [-0.25, -0.2) is 9.78 Å². The molecular formula is C8H11N5O4. The maximum absolute atomic E-state index is 11.7. The highest BCUT2D eigenvalue weighted by Crippen LogP contribution is 1.98. The highest BCUT2D eigenvalue weighted by Gasteiger charge is 2.12. The Bertz CT molecular complexity index is 679. The molecule has 0 aliphatic rings. The fraction of sp³-hybridized carbons (Fsp3) is 0.250. The number of aromatic nitrogens is 4. The van der Waals surface area contributed by atoms with E-state index in [9.17, 15) is 19.5 Å². The van der Waals surface area contributed by atoms with E-state index in [1.807, 2.05) is 0 Å². The smallest absolute Gasteiger partial charge is 0.332 e. The molecule has 9 nitrogen and oxygen atoms in total. The maximum atomic E-state index is 11.7. The third-order valence-corrected chi connectivity index (χ3v) is 2.20. The van der Waals surface area contributed by atoms with Crippen LogP contribution in [0.3, 0.4) is 0 Å². The number of aliphatic carboxylic acids is 1. The zero-order valence-corrected chi connectivity index (χ0v) is 9.26. The van der Waals surface area contributed by atoms with E-state index in [0.29, 0.717) is 4.57 Å². The van der Waals surface area contributed by atoms with Crippen LogP contribution in [-0.2, 0) is 18.4 Å². The van der Waals surface area contributed by atoms with E-state index in [0.717, 1.165) is 4.57 Å². The molecule has 2 aromatic heterocycles. The van der Waals surface area contributed by atoms with Crippen LogP contribution in [0.1, 0.15) is 0 Å². The van der Waals surface area contributed by atoms with Crippen LogP contribution in [0.25, 0.3) is 11.2 Å². The first-order chi connectivity index (χ1) is 7.52. The fourth-order valence-electron chi connectivity index (χ4n) is 1.46. The first-order valence-corrected chi connectivity index (χ1v) is 4.35. The minimum atomic E-state index is -1.50. The fourth-order valence-corrected chi connectivity index (χ4v) is 1.46. The minimum Gasteiger partial charge on any atom is -0.548 e. The number of carbonyl (C=O) groups excluding carboxylic acids is 1. The number of imidazole rings is 1. The summed E-state index contributed by atoms with van der Waals surface area (Å²) in [6.45, 7) is -0.777. The molecule has 17 heavy (non-hydrogen) atoms. The van der Waals surface area contributed by atoms with Gasteiger partial charge in [-0.1, -0.05) is 0 Å². The third kappa shape index (κ3) is 1.83. The number of fused-ring (bicyclic) bond motifs is 1. The molecular weight excluding hydrogens is 230 g/mol. The molecule has 0 saturated heterocycles. The summed E-state index contributed by atoms with van der Waals surface area (Å²) >= 11 is 0. The second-order valence-electron chi connectivity index (χ2n) is 3.21. The SMILES string of the molecule is Cn1c(=O)n(CC(=O)[O-])c(=O)c2[nH]cnc21.[NH4+]. The standard InChI is InChI=1S/C8H8N4O4.H3N/c1-11-6-5(9-3-10-6)7(15)12(8(11)16)2-4(13)14;/h3H,2H2,1H3,(H,9,10)(H,13,14);1H3. The molecule has 0 bridgehead atoms. The van der Waals surface area contributed by atoms with Gasteiger partial charge in [0.15, 0.2) is 5.65 Å². The van der Waals surface area contributed by atoms with Crippen molar-refractivity contribution in [2.24, 2.45) is 7.05 Å². The number of nitrogens with one attached hydrogen (secondary N) is 1. The normalized spacial score (nSPS) is 10.2. The molecule has 0 fully saturated rings. The second-order valence-corrected chi connectivity index (χ2v) is 3.21. The summed E-state index contributed by atoms with van der Waals surface area (Å²) in [5.41, 5.74) is -1.19. The molecule has 0 atom stereocenters. The third-order valence-electron chi connectivity index (χ3n) is 2.20. The molecule has 5 N–H and O–H groups in total. The van der Waals surface area contributed by atoms with Gasteiger partial charge in [0.1, 0.15) is 5.52 Å². The number of quaternary nitrogens is 1. The van der Waals surface area contributed by atoms with Gasteiger partial charge in [-0.05, 0) is 0 Å². The summed E-state index contributed by atoms with van der Waals surface area (Å²) in [5.74, 6) is -1.50. The number of carboxylic acids is 1. The van der Waals surface area contributed by atoms with E-state index in [1.165, 1.54) is 13.4 Å². The van der Waals surface area contributed by atoms with Gasteiger partial charge in [0.2, 0.25) is 0 Å². The van der Waals surface area contributed by atoms with Gasteiger partial charge in [-0.3, -0.25) is 13.9 Å². The van der Waals surface area contributed by atoms with E-state index in [-0.39, 0.29) is 17.3 Å². The molecule has 0 amide bonds. The van der Waals surface area contributed by atoms with Crippen molar-refractivity contribution in [1.82, 2.24) is 25.3 Å². The van der Waals surface area contributed by atoms with Crippen molar-refractivity contribution in [1.29, 1.82) is 0 Å². The average Bonchev–Trinajstić information content (AvgIpc) is 2.70. The van der Waals surface area contributed by atoms with Crippen LogP contribution < -0.4 is 22.5 Å². The van der Waals surface area contributed by atoms with Crippen molar-refractivity contribution >= 4 is 17.1 Å². The van der Waals surface area contributed by atoms with Gasteiger partial charge >= 0.3 is 5.69 Å². The lowest BCUT2D eigenvalue weighted by Crippen LogP contribution is -2.43. The Kier molecular flexibility index (Phi) is 3.14. The van der Waals surface area contributed by atoms with Gasteiger partial charge in [-0.2, -0.15) is 0 Å². The zero-order chi connectivity index (χ0) is 11.9. The number of H-pyrrole nitrogens is 1. The summed E-state index contributed by atoms with van der Waals surface area (Å²) < 4.78 is 1.67. The monoisotopic (exact) mass is 241 g/mol. The Morgan fingerprint density at radius 1 is 1.53 bits per heavy atom. The van der Waals surface area contributed by atoms with Crippen molar-refractivity contribution in [3.63, 3.8) is 0 Å². The van der Waals surface area contributed by atoms with Gasteiger partial charge < -0.3 is 21.0 Å². The molecule has 2 aromatic rings. The summed E-state index contributed by atoms with van der Waals surface area (Å²) in [6.07, 6.45) is 1.26. The van der Waals surface area contributed by atoms with Crippen molar-refractivity contribution in [3.05, 3.63) is 27.2 Å². The molecule has 0 aliphatic heterocycles. The molecule has 0 aromatic carbocycles. The van der Waals surface area contributed by atoms with Crippen molar-refractivity contribution in [3.8, 4) is 0 Å². The number of rotatable bonds is 2. The van der Waals surface area contributed by atoms with Crippen LogP contribution >= 0.6 is 0 Å². The van der Waals surface area contributed by atoms with Crippen molar-refractivity contribution < 1.29 is 9.90 Å². The van der Waals surface area contributed by atoms with Gasteiger partial charge in [0.05, 0.1) is 18.8 Å². The number of carbonyl (C=O) groups is 1. The Morgan fingerprint density at radius 2 is 2.18 bits per heavy atom. The summed E-state index contributed by atoms with van der Waals surface area (Å²) in [4.78, 5) is 40.1. The quantitative estimate of drug-likeness (QED) is 0.598. The van der Waals surface area contributed by atoms with E-state index in [4.69, 9.17) is 0 Å². The molecule has 0 unspecified atom stereocenters. The zero-order valence-electron chi connectivity index (χ0n) is 9.26. The van der Waals surface area contributed by atoms with Gasteiger partial charge in [0.25, 0.3) is 5.56 Å².